The van der Waals surface area contributed by atoms with Crippen molar-refractivity contribution < 1.29 is 56.1 Å². The lowest BCUT2D eigenvalue weighted by Gasteiger charge is -2.50. The molecule has 16 heteroatoms. The molecule has 2 N–H and O–H groups in total. The van der Waals surface area contributed by atoms with E-state index in [-0.39, 0.29) is 39.1 Å². The molecule has 6 unspecified atom stereocenters. The zero-order valence-electron chi connectivity index (χ0n) is 26.6. The van der Waals surface area contributed by atoms with Gasteiger partial charge in [0.05, 0.1) is 23.1 Å². The SMILES string of the molecule is O=C(O)c1cccc(N2C(=O)C3CC=C4C(CC5(Cl)C(=O)N(c6c(F)c(F)c(F)c(F)c6F)C(=O)C5(Cl)C4c4ccc5ccccc5c4O)C3C2=O)c1. The van der Waals surface area contributed by atoms with E-state index in [2.05, 4.69) is 0 Å². The van der Waals surface area contributed by atoms with Crippen molar-refractivity contribution in [2.45, 2.75) is 28.5 Å². The quantitative estimate of drug-likeness (QED) is 0.0589. The summed E-state index contributed by atoms with van der Waals surface area (Å²) in [5.41, 5.74) is -2.19. The molecule has 0 aromatic heterocycles. The summed E-state index contributed by atoms with van der Waals surface area (Å²) >= 11 is 14.3. The first-order chi connectivity index (χ1) is 25.1. The fraction of sp³-hybridized carbons (Fsp3) is 0.216. The number of imide groups is 2. The van der Waals surface area contributed by atoms with Crippen LogP contribution in [0.5, 0.6) is 5.75 Å². The Labute approximate surface area is 304 Å². The Hall–Kier alpha value is -5.34. The second kappa shape index (κ2) is 11.6. The number of rotatable bonds is 4. The molecule has 270 valence electrons. The standard InChI is InChI=1S/C37H21Cl2F5N2O7/c38-36-13-21-18(10-11-19-22(21)32(49)45(31(19)48)16-6-3-5-15(12-16)33(50)51)23(20-9-8-14-4-1-2-7-17(14)30(20)47)37(36,39)35(53)46(34(36)52)29-27(43)25(41)24(40)26(42)28(29)44/h1-10,12,19,21-23,47H,11,13H2,(H,50,51). The van der Waals surface area contributed by atoms with Crippen molar-refractivity contribution >= 4 is 74.9 Å². The van der Waals surface area contributed by atoms with E-state index in [1.54, 1.807) is 24.3 Å². The van der Waals surface area contributed by atoms with Crippen LogP contribution in [0.15, 0.2) is 72.3 Å². The highest BCUT2D eigenvalue weighted by atomic mass is 35.5. The van der Waals surface area contributed by atoms with Gasteiger partial charge in [0.2, 0.25) is 17.6 Å². The Morgan fingerprint density at radius 1 is 0.774 bits per heavy atom. The highest BCUT2D eigenvalue weighted by molar-refractivity contribution is 6.58. The molecule has 6 atom stereocenters. The van der Waals surface area contributed by atoms with Crippen molar-refractivity contribution in [1.29, 1.82) is 0 Å². The Kier molecular flexibility index (Phi) is 7.59. The molecule has 4 aliphatic rings. The van der Waals surface area contributed by atoms with Crippen LogP contribution < -0.4 is 9.80 Å². The molecular weight excluding hydrogens is 750 g/mol. The van der Waals surface area contributed by atoms with Crippen LogP contribution in [-0.4, -0.2) is 49.6 Å². The van der Waals surface area contributed by atoms with Gasteiger partial charge in [0.25, 0.3) is 11.8 Å². The van der Waals surface area contributed by atoms with Gasteiger partial charge in [-0.05, 0) is 42.3 Å². The second-order valence-electron chi connectivity index (χ2n) is 13.3. The number of phenolic OH excluding ortho intramolecular Hbond substituents is 1. The number of hydrogen-bond donors (Lipinski definition) is 2. The van der Waals surface area contributed by atoms with Crippen molar-refractivity contribution in [3.05, 3.63) is 113 Å². The van der Waals surface area contributed by atoms with Crippen LogP contribution in [0, 0.1) is 46.8 Å². The summed E-state index contributed by atoms with van der Waals surface area (Å²) in [5.74, 6) is -24.5. The third-order valence-electron chi connectivity index (χ3n) is 10.8. The van der Waals surface area contributed by atoms with E-state index in [1.807, 2.05) is 0 Å². The maximum atomic E-state index is 15.3. The average Bonchev–Trinajstić information content (AvgIpc) is 3.48. The number of anilines is 2. The number of aromatic carboxylic acids is 1. The number of carbonyl (C=O) groups excluding carboxylic acids is 4. The molecule has 4 aromatic carbocycles. The van der Waals surface area contributed by atoms with Crippen LogP contribution in [0.25, 0.3) is 10.8 Å². The van der Waals surface area contributed by atoms with E-state index in [9.17, 15) is 47.4 Å². The number of carbonyl (C=O) groups is 5. The van der Waals surface area contributed by atoms with Crippen molar-refractivity contribution in [2.24, 2.45) is 17.8 Å². The maximum Gasteiger partial charge on any atom is 0.335 e. The fourth-order valence-electron chi connectivity index (χ4n) is 8.45. The van der Waals surface area contributed by atoms with Gasteiger partial charge in [-0.15, -0.1) is 23.2 Å². The number of allylic oxidation sites excluding steroid dienone is 2. The highest BCUT2D eigenvalue weighted by Gasteiger charge is 2.77. The zero-order chi connectivity index (χ0) is 38.0. The summed E-state index contributed by atoms with van der Waals surface area (Å²) in [4.78, 5) is 63.7. The Balaban J connectivity index is 1.34. The lowest BCUT2D eigenvalue weighted by Crippen LogP contribution is -2.60. The van der Waals surface area contributed by atoms with E-state index in [4.69, 9.17) is 23.2 Å². The molecule has 0 spiro atoms. The molecule has 2 saturated heterocycles. The van der Waals surface area contributed by atoms with Gasteiger partial charge >= 0.3 is 5.97 Å². The second-order valence-corrected chi connectivity index (χ2v) is 14.5. The van der Waals surface area contributed by atoms with Gasteiger partial charge in [0, 0.05) is 16.9 Å². The lowest BCUT2D eigenvalue weighted by molar-refractivity contribution is -0.125. The Morgan fingerprint density at radius 3 is 2.11 bits per heavy atom. The third-order valence-corrected chi connectivity index (χ3v) is 12.2. The first-order valence-corrected chi connectivity index (χ1v) is 16.7. The minimum absolute atomic E-state index is 0.0627. The van der Waals surface area contributed by atoms with E-state index in [0.29, 0.717) is 5.39 Å². The molecule has 1 saturated carbocycles. The fourth-order valence-corrected chi connectivity index (χ4v) is 9.38. The largest absolute Gasteiger partial charge is 0.507 e. The number of nitrogens with zero attached hydrogens (tertiary/aromatic N) is 2. The average molecular weight is 771 g/mol. The smallest absolute Gasteiger partial charge is 0.335 e. The zero-order valence-corrected chi connectivity index (χ0v) is 28.1. The van der Waals surface area contributed by atoms with Crippen molar-refractivity contribution in [3.8, 4) is 5.75 Å². The van der Waals surface area contributed by atoms with Gasteiger partial charge in [-0.2, -0.15) is 0 Å². The molecule has 0 bridgehead atoms. The van der Waals surface area contributed by atoms with E-state index in [0.717, 1.165) is 11.0 Å². The monoisotopic (exact) mass is 770 g/mol. The van der Waals surface area contributed by atoms with E-state index < -0.39 is 110 Å². The number of amides is 4. The molecule has 53 heavy (non-hydrogen) atoms. The molecule has 8 rings (SSSR count). The number of benzene rings is 4. The molecule has 9 nitrogen and oxygen atoms in total. The summed E-state index contributed by atoms with van der Waals surface area (Å²) in [7, 11) is 0. The number of aromatic hydroxyl groups is 1. The molecule has 2 aliphatic carbocycles. The van der Waals surface area contributed by atoms with Crippen LogP contribution in [0.2, 0.25) is 0 Å². The minimum Gasteiger partial charge on any atom is -0.507 e. The molecule has 3 fully saturated rings. The van der Waals surface area contributed by atoms with Crippen molar-refractivity contribution in [1.82, 2.24) is 0 Å². The van der Waals surface area contributed by atoms with Gasteiger partial charge in [-0.3, -0.25) is 24.1 Å². The predicted octanol–water partition coefficient (Wildman–Crippen LogP) is 6.71. The van der Waals surface area contributed by atoms with E-state index in [1.165, 1.54) is 36.4 Å². The van der Waals surface area contributed by atoms with Crippen molar-refractivity contribution in [3.63, 3.8) is 0 Å². The number of hydrogen-bond acceptors (Lipinski definition) is 6. The predicted molar refractivity (Wildman–Crippen MR) is 178 cm³/mol. The van der Waals surface area contributed by atoms with Crippen LogP contribution in [0.3, 0.4) is 0 Å². The highest BCUT2D eigenvalue weighted by Crippen LogP contribution is 2.67. The van der Waals surface area contributed by atoms with Gasteiger partial charge < -0.3 is 10.2 Å². The Bertz CT molecular complexity index is 2410. The van der Waals surface area contributed by atoms with Gasteiger partial charge in [-0.1, -0.05) is 54.1 Å². The number of carboxylic acid groups (broad SMARTS) is 1. The van der Waals surface area contributed by atoms with Gasteiger partial charge in [0.1, 0.15) is 11.4 Å². The normalized spacial score (nSPS) is 27.9. The number of fused-ring (bicyclic) bond motifs is 5. The van der Waals surface area contributed by atoms with Crippen LogP contribution >= 0.6 is 23.2 Å². The first kappa shape index (κ1) is 34.7. The minimum atomic E-state index is -2.82. The summed E-state index contributed by atoms with van der Waals surface area (Å²) in [6.07, 6.45) is 0.605. The Morgan fingerprint density at radius 2 is 1.43 bits per heavy atom. The maximum absolute atomic E-state index is 15.3. The number of phenols is 1. The third kappa shape index (κ3) is 4.39. The van der Waals surface area contributed by atoms with Crippen molar-refractivity contribution in [2.75, 3.05) is 9.80 Å². The molecule has 0 radical (unpaired) electrons. The van der Waals surface area contributed by atoms with Crippen LogP contribution in [0.1, 0.15) is 34.7 Å². The van der Waals surface area contributed by atoms with E-state index >= 15 is 8.78 Å². The van der Waals surface area contributed by atoms with Crippen LogP contribution in [0.4, 0.5) is 33.3 Å². The molecule has 4 aromatic rings. The van der Waals surface area contributed by atoms with Gasteiger partial charge in [0.15, 0.2) is 33.0 Å². The molecule has 4 amide bonds. The molecule has 2 heterocycles. The number of carboxylic acids is 1. The van der Waals surface area contributed by atoms with Crippen LogP contribution in [-0.2, 0) is 19.2 Å². The summed E-state index contributed by atoms with van der Waals surface area (Å²) in [6, 6.07) is 14.4. The number of halogens is 7. The number of alkyl halides is 2. The topological polar surface area (TPSA) is 132 Å². The van der Waals surface area contributed by atoms with Gasteiger partial charge in [-0.25, -0.2) is 31.6 Å². The molecular formula is C37H21Cl2F5N2O7. The summed E-state index contributed by atoms with van der Waals surface area (Å²) < 4.78 is 73.7. The lowest BCUT2D eigenvalue weighted by atomic mass is 9.56. The first-order valence-electron chi connectivity index (χ1n) is 16.0. The summed E-state index contributed by atoms with van der Waals surface area (Å²) in [5, 5.41) is 22.0. The summed E-state index contributed by atoms with van der Waals surface area (Å²) in [6.45, 7) is 0. The molecule has 2 aliphatic heterocycles.